The van der Waals surface area contributed by atoms with Crippen molar-refractivity contribution in [2.24, 2.45) is 5.73 Å². The maximum absolute atomic E-state index is 13.2. The first-order valence-corrected chi connectivity index (χ1v) is 8.40. The first-order chi connectivity index (χ1) is 11.5. The Bertz CT molecular complexity index is 780. The van der Waals surface area contributed by atoms with Crippen LogP contribution in [0, 0.1) is 12.7 Å². The van der Waals surface area contributed by atoms with Gasteiger partial charge in [0.15, 0.2) is 0 Å². The first-order valence-electron chi connectivity index (χ1n) is 7.59. The molecule has 1 saturated heterocycles. The van der Waals surface area contributed by atoms with E-state index in [4.69, 9.17) is 10.5 Å². The van der Waals surface area contributed by atoms with Gasteiger partial charge >= 0.3 is 0 Å². The molecule has 0 spiro atoms. The summed E-state index contributed by atoms with van der Waals surface area (Å²) in [7, 11) is 0. The lowest BCUT2D eigenvalue weighted by Crippen LogP contribution is -2.27. The number of primary amides is 1. The van der Waals surface area contributed by atoms with Crippen LogP contribution in [0.4, 0.5) is 9.39 Å². The number of halogens is 1. The summed E-state index contributed by atoms with van der Waals surface area (Å²) in [6.45, 7) is 2.39. The van der Waals surface area contributed by atoms with E-state index in [2.05, 4.69) is 5.32 Å². The molecule has 0 aliphatic carbocycles. The van der Waals surface area contributed by atoms with E-state index in [0.29, 0.717) is 29.2 Å². The molecule has 126 valence electrons. The van der Waals surface area contributed by atoms with Crippen LogP contribution in [0.5, 0.6) is 0 Å². The van der Waals surface area contributed by atoms with Crippen molar-refractivity contribution in [2.45, 2.75) is 25.9 Å². The zero-order valence-electron chi connectivity index (χ0n) is 13.1. The Kier molecular flexibility index (Phi) is 4.64. The highest BCUT2D eigenvalue weighted by Gasteiger charge is 2.27. The molecule has 5 nitrogen and oxygen atoms in total. The molecule has 3 rings (SSSR count). The molecule has 1 aromatic heterocycles. The molecule has 0 bridgehead atoms. The number of nitrogens with one attached hydrogen (secondary N) is 1. The number of benzene rings is 1. The number of anilines is 1. The van der Waals surface area contributed by atoms with Gasteiger partial charge in [-0.3, -0.25) is 9.59 Å². The van der Waals surface area contributed by atoms with Gasteiger partial charge < -0.3 is 15.8 Å². The Morgan fingerprint density at radius 3 is 2.62 bits per heavy atom. The summed E-state index contributed by atoms with van der Waals surface area (Å²) in [5, 5.41) is 3.16. The van der Waals surface area contributed by atoms with Crippen molar-refractivity contribution in [3.05, 3.63) is 40.5 Å². The average molecular weight is 348 g/mol. The molecule has 0 saturated carbocycles. The summed E-state index contributed by atoms with van der Waals surface area (Å²) >= 11 is 1.27. The smallest absolute Gasteiger partial charge is 0.254 e. The lowest BCUT2D eigenvalue weighted by molar-refractivity contribution is -0.124. The standard InChI is InChI=1S/C17H17FN2O3S/c1-9-13(10-4-6-11(18)7-5-10)14(15(19)21)17(24-9)20-16(22)12-3-2-8-23-12/h4-7,12H,2-3,8H2,1H3,(H2,19,21)(H,20,22)/t12-/m0/s1. The third-order valence-corrected chi connectivity index (χ3v) is 4.94. The summed E-state index contributed by atoms with van der Waals surface area (Å²) in [5.74, 6) is -1.28. The minimum absolute atomic E-state index is 0.246. The van der Waals surface area contributed by atoms with Crippen molar-refractivity contribution >= 4 is 28.2 Å². The van der Waals surface area contributed by atoms with Crippen molar-refractivity contribution in [3.8, 4) is 11.1 Å². The lowest BCUT2D eigenvalue weighted by Gasteiger charge is -2.10. The monoisotopic (exact) mass is 348 g/mol. The largest absolute Gasteiger partial charge is 0.368 e. The van der Waals surface area contributed by atoms with Gasteiger partial charge in [0.05, 0.1) is 5.56 Å². The van der Waals surface area contributed by atoms with Crippen LogP contribution >= 0.6 is 11.3 Å². The summed E-state index contributed by atoms with van der Waals surface area (Å²) < 4.78 is 18.5. The van der Waals surface area contributed by atoms with Gasteiger partial charge in [-0.2, -0.15) is 0 Å². The normalized spacial score (nSPS) is 17.0. The third-order valence-electron chi connectivity index (χ3n) is 3.92. The second-order valence-corrected chi connectivity index (χ2v) is 6.82. The summed E-state index contributed by atoms with van der Waals surface area (Å²) in [6, 6.07) is 5.81. The molecule has 1 aliphatic rings. The first kappa shape index (κ1) is 16.6. The molecule has 1 atom stereocenters. The highest BCUT2D eigenvalue weighted by atomic mass is 32.1. The van der Waals surface area contributed by atoms with E-state index < -0.39 is 12.0 Å². The molecular weight excluding hydrogens is 331 g/mol. The number of rotatable bonds is 4. The maximum Gasteiger partial charge on any atom is 0.254 e. The molecule has 0 radical (unpaired) electrons. The highest BCUT2D eigenvalue weighted by molar-refractivity contribution is 7.17. The van der Waals surface area contributed by atoms with Gasteiger partial charge in [0, 0.05) is 17.0 Å². The van der Waals surface area contributed by atoms with Crippen LogP contribution in [0.2, 0.25) is 0 Å². The van der Waals surface area contributed by atoms with E-state index in [9.17, 15) is 14.0 Å². The summed E-state index contributed by atoms with van der Waals surface area (Å²) in [4.78, 5) is 25.0. The van der Waals surface area contributed by atoms with E-state index in [0.717, 1.165) is 11.3 Å². The zero-order chi connectivity index (χ0) is 17.3. The number of nitrogens with two attached hydrogens (primary N) is 1. The maximum atomic E-state index is 13.2. The van der Waals surface area contributed by atoms with E-state index in [1.807, 2.05) is 6.92 Å². The van der Waals surface area contributed by atoms with Crippen LogP contribution in [-0.2, 0) is 9.53 Å². The molecule has 7 heteroatoms. The predicted molar refractivity (Wildman–Crippen MR) is 90.6 cm³/mol. The molecule has 3 N–H and O–H groups in total. The van der Waals surface area contributed by atoms with Gasteiger partial charge in [0.2, 0.25) is 0 Å². The second kappa shape index (κ2) is 6.70. The number of thiophene rings is 1. The van der Waals surface area contributed by atoms with Crippen LogP contribution in [0.3, 0.4) is 0 Å². The van der Waals surface area contributed by atoms with Crippen LogP contribution in [-0.4, -0.2) is 24.5 Å². The van der Waals surface area contributed by atoms with Gasteiger partial charge in [0.25, 0.3) is 11.8 Å². The highest BCUT2D eigenvalue weighted by Crippen LogP contribution is 2.40. The minimum atomic E-state index is -0.638. The molecule has 0 unspecified atom stereocenters. The topological polar surface area (TPSA) is 81.4 Å². The van der Waals surface area contributed by atoms with Crippen LogP contribution in [0.15, 0.2) is 24.3 Å². The van der Waals surface area contributed by atoms with Crippen molar-refractivity contribution in [1.82, 2.24) is 0 Å². The van der Waals surface area contributed by atoms with Crippen molar-refractivity contribution < 1.29 is 18.7 Å². The van der Waals surface area contributed by atoms with Crippen LogP contribution in [0.1, 0.15) is 28.1 Å². The fourth-order valence-electron chi connectivity index (χ4n) is 2.81. The summed E-state index contributed by atoms with van der Waals surface area (Å²) in [5.41, 5.74) is 7.08. The Morgan fingerprint density at radius 1 is 1.33 bits per heavy atom. The van der Waals surface area contributed by atoms with Gasteiger partial charge in [0.1, 0.15) is 16.9 Å². The van der Waals surface area contributed by atoms with Gasteiger partial charge in [-0.1, -0.05) is 12.1 Å². The van der Waals surface area contributed by atoms with E-state index in [-0.39, 0.29) is 17.3 Å². The molecule has 2 amide bonds. The quantitative estimate of drug-likeness (QED) is 0.891. The number of carbonyl (C=O) groups is 2. The Morgan fingerprint density at radius 2 is 2.04 bits per heavy atom. The van der Waals surface area contributed by atoms with Crippen LogP contribution < -0.4 is 11.1 Å². The average Bonchev–Trinajstić information content (AvgIpc) is 3.16. The number of hydrogen-bond acceptors (Lipinski definition) is 4. The molecule has 1 fully saturated rings. The minimum Gasteiger partial charge on any atom is -0.368 e. The number of amides is 2. The number of aryl methyl sites for hydroxylation is 1. The second-order valence-electron chi connectivity index (χ2n) is 5.60. The van der Waals surface area contributed by atoms with Crippen molar-refractivity contribution in [1.29, 1.82) is 0 Å². The predicted octanol–water partition coefficient (Wildman–Crippen LogP) is 3.08. The van der Waals surface area contributed by atoms with Gasteiger partial charge in [-0.25, -0.2) is 4.39 Å². The SMILES string of the molecule is Cc1sc(NC(=O)[C@@H]2CCCO2)c(C(N)=O)c1-c1ccc(F)cc1. The Hall–Kier alpha value is -2.25. The number of hydrogen-bond donors (Lipinski definition) is 2. The number of carbonyl (C=O) groups excluding carboxylic acids is 2. The van der Waals surface area contributed by atoms with Crippen molar-refractivity contribution in [3.63, 3.8) is 0 Å². The zero-order valence-corrected chi connectivity index (χ0v) is 13.9. The third kappa shape index (κ3) is 3.18. The molecule has 2 heterocycles. The fourth-order valence-corrected chi connectivity index (χ4v) is 3.89. The Labute approximate surface area is 142 Å². The fraction of sp³-hybridized carbons (Fsp3) is 0.294. The van der Waals surface area contributed by atoms with E-state index in [1.54, 1.807) is 12.1 Å². The number of ether oxygens (including phenoxy) is 1. The van der Waals surface area contributed by atoms with Gasteiger partial charge in [-0.15, -0.1) is 11.3 Å². The summed E-state index contributed by atoms with van der Waals surface area (Å²) in [6.07, 6.45) is 1.00. The lowest BCUT2D eigenvalue weighted by atomic mass is 10.0. The molecule has 24 heavy (non-hydrogen) atoms. The Balaban J connectivity index is 1.98. The van der Waals surface area contributed by atoms with Crippen molar-refractivity contribution in [2.75, 3.05) is 11.9 Å². The molecular formula is C17H17FN2O3S. The molecule has 1 aliphatic heterocycles. The van der Waals surface area contributed by atoms with Crippen LogP contribution in [0.25, 0.3) is 11.1 Å². The molecule has 1 aromatic carbocycles. The molecule has 2 aromatic rings. The van der Waals surface area contributed by atoms with E-state index in [1.165, 1.54) is 23.5 Å². The van der Waals surface area contributed by atoms with Gasteiger partial charge in [-0.05, 0) is 37.5 Å². The van der Waals surface area contributed by atoms with E-state index >= 15 is 0 Å².